The number of hydrogen-bond acceptors (Lipinski definition) is 4. The van der Waals surface area contributed by atoms with Gasteiger partial charge in [-0.3, -0.25) is 9.10 Å². The molecule has 8 heteroatoms. The molecule has 0 atom stereocenters. The maximum absolute atomic E-state index is 14.2. The molecule has 0 unspecified atom stereocenters. The predicted octanol–water partition coefficient (Wildman–Crippen LogP) is 3.63. The van der Waals surface area contributed by atoms with Crippen LogP contribution in [0.25, 0.3) is 0 Å². The van der Waals surface area contributed by atoms with Gasteiger partial charge in [-0.05, 0) is 50.2 Å². The Labute approximate surface area is 151 Å². The first kappa shape index (κ1) is 19.2. The van der Waals surface area contributed by atoms with Crippen LogP contribution in [0, 0.1) is 5.82 Å². The van der Waals surface area contributed by atoms with Crippen LogP contribution in [-0.4, -0.2) is 27.0 Å². The molecule has 2 aromatic rings. The van der Waals surface area contributed by atoms with Crippen molar-refractivity contribution in [3.05, 3.63) is 59.4 Å². The van der Waals surface area contributed by atoms with E-state index in [0.717, 1.165) is 6.07 Å². The molecule has 0 amide bonds. The molecule has 0 aliphatic carbocycles. The summed E-state index contributed by atoms with van der Waals surface area (Å²) in [6.45, 7) is 2.63. The van der Waals surface area contributed by atoms with Crippen LogP contribution in [0.4, 0.5) is 10.1 Å². The predicted molar refractivity (Wildman–Crippen MR) is 93.6 cm³/mol. The van der Waals surface area contributed by atoms with Gasteiger partial charge in [0, 0.05) is 5.02 Å². The number of para-hydroxylation sites is 1. The fourth-order valence-corrected chi connectivity index (χ4v) is 3.65. The zero-order valence-corrected chi connectivity index (χ0v) is 15.2. The van der Waals surface area contributed by atoms with Crippen molar-refractivity contribution in [3.63, 3.8) is 0 Å². The molecule has 0 heterocycles. The standard InChI is InChI=1S/C17H17ClFNO4S/c1-12(2)24-17(21)11-20(16-6-4-3-5-15(16)19)25(22,23)14-9-7-13(18)8-10-14/h3-10,12H,11H2,1-2H3. The Bertz CT molecular complexity index is 853. The van der Waals surface area contributed by atoms with Crippen LogP contribution in [0.5, 0.6) is 0 Å². The summed E-state index contributed by atoms with van der Waals surface area (Å²) in [5.41, 5.74) is -0.238. The summed E-state index contributed by atoms with van der Waals surface area (Å²) < 4.78 is 45.7. The topological polar surface area (TPSA) is 63.7 Å². The number of anilines is 1. The highest BCUT2D eigenvalue weighted by molar-refractivity contribution is 7.92. The minimum atomic E-state index is -4.19. The number of nitrogens with zero attached hydrogens (tertiary/aromatic N) is 1. The number of hydrogen-bond donors (Lipinski definition) is 0. The van der Waals surface area contributed by atoms with Crippen LogP contribution in [-0.2, 0) is 19.6 Å². The molecule has 0 spiro atoms. The maximum atomic E-state index is 14.2. The number of rotatable bonds is 6. The van der Waals surface area contributed by atoms with Crippen molar-refractivity contribution in [2.45, 2.75) is 24.8 Å². The van der Waals surface area contributed by atoms with Gasteiger partial charge in [0.2, 0.25) is 0 Å². The summed E-state index contributed by atoms with van der Waals surface area (Å²) >= 11 is 5.78. The van der Waals surface area contributed by atoms with Gasteiger partial charge in [0.25, 0.3) is 10.0 Å². The smallest absolute Gasteiger partial charge is 0.327 e. The minimum absolute atomic E-state index is 0.113. The average Bonchev–Trinajstić information content (AvgIpc) is 2.53. The van der Waals surface area contributed by atoms with Gasteiger partial charge in [0.1, 0.15) is 12.4 Å². The van der Waals surface area contributed by atoms with Crippen molar-refractivity contribution in [2.75, 3.05) is 10.8 Å². The summed E-state index contributed by atoms with van der Waals surface area (Å²) in [6.07, 6.45) is -0.423. The van der Waals surface area contributed by atoms with Gasteiger partial charge in [-0.1, -0.05) is 23.7 Å². The zero-order chi connectivity index (χ0) is 18.6. The Morgan fingerprint density at radius 2 is 1.76 bits per heavy atom. The van der Waals surface area contributed by atoms with Crippen molar-refractivity contribution in [2.24, 2.45) is 0 Å². The van der Waals surface area contributed by atoms with Crippen LogP contribution >= 0.6 is 11.6 Å². The largest absolute Gasteiger partial charge is 0.462 e. The number of ether oxygens (including phenoxy) is 1. The van der Waals surface area contributed by atoms with Gasteiger partial charge in [-0.25, -0.2) is 12.8 Å². The van der Waals surface area contributed by atoms with Gasteiger partial charge in [0.05, 0.1) is 16.7 Å². The third-order valence-electron chi connectivity index (χ3n) is 3.16. The minimum Gasteiger partial charge on any atom is -0.462 e. The fraction of sp³-hybridized carbons (Fsp3) is 0.235. The molecule has 0 fully saturated rings. The molecule has 0 bridgehead atoms. The van der Waals surface area contributed by atoms with Crippen LogP contribution < -0.4 is 4.31 Å². The molecular formula is C17H17ClFNO4S. The molecule has 0 saturated carbocycles. The molecule has 0 aliphatic rings. The first-order chi connectivity index (χ1) is 11.7. The second-order valence-corrected chi connectivity index (χ2v) is 7.75. The van der Waals surface area contributed by atoms with E-state index >= 15 is 0 Å². The van der Waals surface area contributed by atoms with E-state index in [-0.39, 0.29) is 10.6 Å². The molecule has 0 N–H and O–H groups in total. The number of halogens is 2. The van der Waals surface area contributed by atoms with Gasteiger partial charge < -0.3 is 4.74 Å². The van der Waals surface area contributed by atoms with Crippen molar-refractivity contribution < 1.29 is 22.3 Å². The second-order valence-electron chi connectivity index (χ2n) is 5.46. The molecule has 0 aromatic heterocycles. The molecule has 134 valence electrons. The first-order valence-electron chi connectivity index (χ1n) is 7.44. The highest BCUT2D eigenvalue weighted by Crippen LogP contribution is 2.27. The van der Waals surface area contributed by atoms with E-state index in [1.807, 2.05) is 0 Å². The number of sulfonamides is 1. The van der Waals surface area contributed by atoms with E-state index < -0.39 is 34.5 Å². The molecule has 5 nitrogen and oxygen atoms in total. The Kier molecular flexibility index (Phi) is 6.02. The molecule has 2 rings (SSSR count). The van der Waals surface area contributed by atoms with Crippen LogP contribution in [0.15, 0.2) is 53.4 Å². The van der Waals surface area contributed by atoms with Gasteiger partial charge in [0.15, 0.2) is 0 Å². The summed E-state index contributed by atoms with van der Waals surface area (Å²) in [5.74, 6) is -1.55. The summed E-state index contributed by atoms with van der Waals surface area (Å²) in [7, 11) is -4.19. The van der Waals surface area contributed by atoms with E-state index in [1.165, 1.54) is 42.5 Å². The number of esters is 1. The first-order valence-corrected chi connectivity index (χ1v) is 9.26. The quantitative estimate of drug-likeness (QED) is 0.712. The van der Waals surface area contributed by atoms with E-state index in [9.17, 15) is 17.6 Å². The lowest BCUT2D eigenvalue weighted by Crippen LogP contribution is -2.37. The van der Waals surface area contributed by atoms with Gasteiger partial charge in [-0.15, -0.1) is 0 Å². The van der Waals surface area contributed by atoms with Crippen molar-refractivity contribution in [3.8, 4) is 0 Å². The van der Waals surface area contributed by atoms with Gasteiger partial charge in [-0.2, -0.15) is 0 Å². The highest BCUT2D eigenvalue weighted by atomic mass is 35.5. The number of carbonyl (C=O) groups excluding carboxylic acids is 1. The Balaban J connectivity index is 2.48. The summed E-state index contributed by atoms with van der Waals surface area (Å²) in [4.78, 5) is 11.9. The normalized spacial score (nSPS) is 11.4. The third kappa shape index (κ3) is 4.70. The number of benzene rings is 2. The van der Waals surface area contributed by atoms with E-state index in [2.05, 4.69) is 0 Å². The summed E-state index contributed by atoms with van der Waals surface area (Å²) in [6, 6.07) is 10.7. The highest BCUT2D eigenvalue weighted by Gasteiger charge is 2.29. The van der Waals surface area contributed by atoms with E-state index in [4.69, 9.17) is 16.3 Å². The Morgan fingerprint density at radius 3 is 2.32 bits per heavy atom. The lowest BCUT2D eigenvalue weighted by atomic mass is 10.3. The van der Waals surface area contributed by atoms with Crippen LogP contribution in [0.2, 0.25) is 5.02 Å². The monoisotopic (exact) mass is 385 g/mol. The fourth-order valence-electron chi connectivity index (χ4n) is 2.10. The lowest BCUT2D eigenvalue weighted by molar-refractivity contribution is -0.145. The summed E-state index contributed by atoms with van der Waals surface area (Å²) in [5, 5.41) is 0.357. The maximum Gasteiger partial charge on any atom is 0.327 e. The van der Waals surface area contributed by atoms with Crippen LogP contribution in [0.1, 0.15) is 13.8 Å². The van der Waals surface area contributed by atoms with Crippen LogP contribution in [0.3, 0.4) is 0 Å². The van der Waals surface area contributed by atoms with Gasteiger partial charge >= 0.3 is 5.97 Å². The molecule has 0 radical (unpaired) electrons. The van der Waals surface area contributed by atoms with Crippen molar-refractivity contribution in [1.29, 1.82) is 0 Å². The molecule has 0 saturated heterocycles. The van der Waals surface area contributed by atoms with Crippen molar-refractivity contribution >= 4 is 33.3 Å². The molecular weight excluding hydrogens is 369 g/mol. The average molecular weight is 386 g/mol. The second kappa shape index (κ2) is 7.84. The SMILES string of the molecule is CC(C)OC(=O)CN(c1ccccc1F)S(=O)(=O)c1ccc(Cl)cc1. The Hall–Kier alpha value is -2.12. The molecule has 0 aliphatic heterocycles. The van der Waals surface area contributed by atoms with E-state index in [1.54, 1.807) is 13.8 Å². The molecule has 25 heavy (non-hydrogen) atoms. The lowest BCUT2D eigenvalue weighted by Gasteiger charge is -2.24. The van der Waals surface area contributed by atoms with Crippen molar-refractivity contribution in [1.82, 2.24) is 0 Å². The molecule has 2 aromatic carbocycles. The van der Waals surface area contributed by atoms with E-state index in [0.29, 0.717) is 9.33 Å². The Morgan fingerprint density at radius 1 is 1.16 bits per heavy atom. The zero-order valence-electron chi connectivity index (χ0n) is 13.6. The third-order valence-corrected chi connectivity index (χ3v) is 5.19. The number of carbonyl (C=O) groups is 1.